The van der Waals surface area contributed by atoms with Crippen molar-refractivity contribution in [3.05, 3.63) is 48.0 Å². The van der Waals surface area contributed by atoms with Crippen LogP contribution in [-0.2, 0) is 6.42 Å². The van der Waals surface area contributed by atoms with Crippen molar-refractivity contribution in [1.29, 1.82) is 0 Å². The van der Waals surface area contributed by atoms with E-state index in [1.165, 1.54) is 16.3 Å². The molecule has 17 heavy (non-hydrogen) atoms. The predicted molar refractivity (Wildman–Crippen MR) is 74.4 cm³/mol. The van der Waals surface area contributed by atoms with Crippen LogP contribution in [0.1, 0.15) is 26.3 Å². The molecular weight excluding hydrogens is 208 g/mol. The van der Waals surface area contributed by atoms with Crippen molar-refractivity contribution in [2.75, 3.05) is 0 Å². The maximum Gasteiger partial charge on any atom is 0.135 e. The smallest absolute Gasteiger partial charge is 0.135 e. The van der Waals surface area contributed by atoms with Gasteiger partial charge in [0.25, 0.3) is 0 Å². The zero-order valence-electron chi connectivity index (χ0n) is 10.7. The van der Waals surface area contributed by atoms with Gasteiger partial charge in [-0.15, -0.1) is 0 Å². The molecule has 0 bridgehead atoms. The first kappa shape index (κ1) is 11.7. The van der Waals surface area contributed by atoms with E-state index < -0.39 is 0 Å². The lowest BCUT2D eigenvalue weighted by Gasteiger charge is -1.94. The predicted octanol–water partition coefficient (Wildman–Crippen LogP) is 5.17. The Morgan fingerprint density at radius 3 is 2.35 bits per heavy atom. The van der Waals surface area contributed by atoms with Gasteiger partial charge >= 0.3 is 0 Å². The fourth-order valence-corrected chi connectivity index (χ4v) is 1.99. The number of rotatable bonds is 1. The number of hydrogen-bond acceptors (Lipinski definition) is 1. The average Bonchev–Trinajstić information content (AvgIpc) is 2.78. The zero-order valence-corrected chi connectivity index (χ0v) is 10.7. The Labute approximate surface area is 102 Å². The molecule has 0 aliphatic heterocycles. The summed E-state index contributed by atoms with van der Waals surface area (Å²) in [6.07, 6.45) is 1.06. The summed E-state index contributed by atoms with van der Waals surface area (Å²) in [5.41, 5.74) is 3.31. The Balaban J connectivity index is 0.000000514. The van der Waals surface area contributed by atoms with Gasteiger partial charge < -0.3 is 4.42 Å². The van der Waals surface area contributed by atoms with Crippen molar-refractivity contribution in [2.45, 2.75) is 27.2 Å². The SMILES string of the molecule is CC.CCc1ccc2oc3ccccc3c2c1. The Bertz CT molecular complexity index is 620. The van der Waals surface area contributed by atoms with Crippen molar-refractivity contribution in [2.24, 2.45) is 0 Å². The summed E-state index contributed by atoms with van der Waals surface area (Å²) >= 11 is 0. The van der Waals surface area contributed by atoms with Crippen LogP contribution in [0.15, 0.2) is 46.9 Å². The normalized spacial score (nSPS) is 10.3. The van der Waals surface area contributed by atoms with Gasteiger partial charge in [0.2, 0.25) is 0 Å². The minimum absolute atomic E-state index is 0.973. The molecule has 0 spiro atoms. The number of furan rings is 1. The summed E-state index contributed by atoms with van der Waals surface area (Å²) in [5, 5.41) is 2.44. The molecule has 88 valence electrons. The van der Waals surface area contributed by atoms with E-state index >= 15 is 0 Å². The van der Waals surface area contributed by atoms with Crippen LogP contribution < -0.4 is 0 Å². The second kappa shape index (κ2) is 5.05. The lowest BCUT2D eigenvalue weighted by molar-refractivity contribution is 0.669. The summed E-state index contributed by atoms with van der Waals surface area (Å²) < 4.78 is 5.75. The molecule has 1 nitrogen and oxygen atoms in total. The van der Waals surface area contributed by atoms with Crippen molar-refractivity contribution in [1.82, 2.24) is 0 Å². The summed E-state index contributed by atoms with van der Waals surface area (Å²) in [7, 11) is 0. The molecule has 1 aromatic heterocycles. The molecule has 0 aliphatic rings. The second-order valence-electron chi connectivity index (χ2n) is 3.78. The van der Waals surface area contributed by atoms with Crippen molar-refractivity contribution >= 4 is 21.9 Å². The quantitative estimate of drug-likeness (QED) is 0.557. The highest BCUT2D eigenvalue weighted by molar-refractivity contribution is 6.04. The fourth-order valence-electron chi connectivity index (χ4n) is 1.99. The monoisotopic (exact) mass is 226 g/mol. The largest absolute Gasteiger partial charge is 0.456 e. The van der Waals surface area contributed by atoms with Crippen LogP contribution in [-0.4, -0.2) is 0 Å². The highest BCUT2D eigenvalue weighted by atomic mass is 16.3. The lowest BCUT2D eigenvalue weighted by Crippen LogP contribution is -1.77. The first-order valence-corrected chi connectivity index (χ1v) is 6.28. The molecule has 0 fully saturated rings. The number of aryl methyl sites for hydroxylation is 1. The summed E-state index contributed by atoms with van der Waals surface area (Å²) in [6.45, 7) is 6.17. The van der Waals surface area contributed by atoms with E-state index in [1.807, 2.05) is 26.0 Å². The molecule has 0 saturated carbocycles. The first-order valence-electron chi connectivity index (χ1n) is 6.28. The van der Waals surface area contributed by atoms with E-state index in [0.29, 0.717) is 0 Å². The molecule has 0 N–H and O–H groups in total. The number of hydrogen-bond donors (Lipinski definition) is 0. The van der Waals surface area contributed by atoms with Crippen LogP contribution in [0.5, 0.6) is 0 Å². The molecule has 0 amide bonds. The van der Waals surface area contributed by atoms with Gasteiger partial charge in [-0.25, -0.2) is 0 Å². The third-order valence-electron chi connectivity index (χ3n) is 2.85. The molecule has 0 aliphatic carbocycles. The Hall–Kier alpha value is -1.76. The van der Waals surface area contributed by atoms with Gasteiger partial charge in [0.05, 0.1) is 0 Å². The van der Waals surface area contributed by atoms with Crippen LogP contribution in [0.2, 0.25) is 0 Å². The van der Waals surface area contributed by atoms with E-state index in [9.17, 15) is 0 Å². The highest BCUT2D eigenvalue weighted by Gasteiger charge is 2.05. The number of fused-ring (bicyclic) bond motifs is 3. The minimum Gasteiger partial charge on any atom is -0.456 e. The van der Waals surface area contributed by atoms with Crippen LogP contribution in [0, 0.1) is 0 Å². The van der Waals surface area contributed by atoms with Gasteiger partial charge in [-0.05, 0) is 30.2 Å². The van der Waals surface area contributed by atoms with E-state index in [2.05, 4.69) is 37.3 Å². The molecule has 1 heterocycles. The molecule has 0 atom stereocenters. The second-order valence-corrected chi connectivity index (χ2v) is 3.78. The highest BCUT2D eigenvalue weighted by Crippen LogP contribution is 2.29. The molecule has 1 heteroatoms. The Kier molecular flexibility index (Phi) is 3.48. The first-order chi connectivity index (χ1) is 8.38. The van der Waals surface area contributed by atoms with Crippen LogP contribution in [0.3, 0.4) is 0 Å². The standard InChI is InChI=1S/C14H12O.C2H6/c1-2-10-7-8-14-12(9-10)11-5-3-4-6-13(11)15-14;1-2/h3-9H,2H2,1H3;1-2H3. The summed E-state index contributed by atoms with van der Waals surface area (Å²) in [5.74, 6) is 0. The Morgan fingerprint density at radius 1 is 0.882 bits per heavy atom. The van der Waals surface area contributed by atoms with Gasteiger partial charge in [0, 0.05) is 10.8 Å². The minimum atomic E-state index is 0.973. The van der Waals surface area contributed by atoms with Gasteiger partial charge in [-0.1, -0.05) is 45.0 Å². The van der Waals surface area contributed by atoms with E-state index in [-0.39, 0.29) is 0 Å². The van der Waals surface area contributed by atoms with Gasteiger partial charge in [0.1, 0.15) is 11.2 Å². The molecule has 0 unspecified atom stereocenters. The number of para-hydroxylation sites is 1. The summed E-state index contributed by atoms with van der Waals surface area (Å²) in [6, 6.07) is 14.6. The molecule has 0 saturated heterocycles. The molecule has 3 aromatic rings. The van der Waals surface area contributed by atoms with Crippen LogP contribution in [0.4, 0.5) is 0 Å². The van der Waals surface area contributed by atoms with Gasteiger partial charge in [0.15, 0.2) is 0 Å². The lowest BCUT2D eigenvalue weighted by atomic mass is 10.1. The maximum absolute atomic E-state index is 5.75. The molecule has 3 rings (SSSR count). The topological polar surface area (TPSA) is 13.1 Å². The molecular formula is C16H18O. The zero-order chi connectivity index (χ0) is 12.3. The van der Waals surface area contributed by atoms with E-state index in [1.54, 1.807) is 0 Å². The molecule has 2 aromatic carbocycles. The fraction of sp³-hybridized carbons (Fsp3) is 0.250. The van der Waals surface area contributed by atoms with Gasteiger partial charge in [-0.3, -0.25) is 0 Å². The molecule has 0 radical (unpaired) electrons. The number of benzene rings is 2. The maximum atomic E-state index is 5.75. The van der Waals surface area contributed by atoms with Crippen LogP contribution in [0.25, 0.3) is 21.9 Å². The average molecular weight is 226 g/mol. The van der Waals surface area contributed by atoms with Crippen molar-refractivity contribution < 1.29 is 4.42 Å². The van der Waals surface area contributed by atoms with E-state index in [0.717, 1.165) is 17.6 Å². The third kappa shape index (κ3) is 2.05. The third-order valence-corrected chi connectivity index (χ3v) is 2.85. The summed E-state index contributed by atoms with van der Waals surface area (Å²) in [4.78, 5) is 0. The van der Waals surface area contributed by atoms with Crippen LogP contribution >= 0.6 is 0 Å². The van der Waals surface area contributed by atoms with Crippen molar-refractivity contribution in [3.63, 3.8) is 0 Å². The van der Waals surface area contributed by atoms with E-state index in [4.69, 9.17) is 4.42 Å². The Morgan fingerprint density at radius 2 is 1.59 bits per heavy atom. The van der Waals surface area contributed by atoms with Crippen molar-refractivity contribution in [3.8, 4) is 0 Å². The van der Waals surface area contributed by atoms with Gasteiger partial charge in [-0.2, -0.15) is 0 Å².